The van der Waals surface area contributed by atoms with E-state index < -0.39 is 0 Å². The van der Waals surface area contributed by atoms with Gasteiger partial charge in [0.15, 0.2) is 4.67 Å². The molecule has 3 rings (SSSR count). The van der Waals surface area contributed by atoms with E-state index in [1.165, 1.54) is 0 Å². The van der Waals surface area contributed by atoms with Crippen molar-refractivity contribution in [3.8, 4) is 5.69 Å². The number of nitrogens with one attached hydrogen (secondary N) is 1. The number of para-hydroxylation sites is 1. The fourth-order valence-electron chi connectivity index (χ4n) is 2.30. The van der Waals surface area contributed by atoms with E-state index >= 15 is 0 Å². The molecule has 1 unspecified atom stereocenters. The topological polar surface area (TPSA) is 55.9 Å². The van der Waals surface area contributed by atoms with Crippen LogP contribution in [-0.2, 0) is 0 Å². The lowest BCUT2D eigenvalue weighted by Crippen LogP contribution is -2.24. The molecule has 5 nitrogen and oxygen atoms in total. The summed E-state index contributed by atoms with van der Waals surface area (Å²) in [7, 11) is 0. The Morgan fingerprint density at radius 3 is 2.76 bits per heavy atom. The first-order valence-electron chi connectivity index (χ1n) is 6.73. The Bertz CT molecular complexity index is 707. The molecule has 0 aliphatic carbocycles. The zero-order valence-electron chi connectivity index (χ0n) is 11.5. The van der Waals surface area contributed by atoms with Crippen molar-refractivity contribution in [2.24, 2.45) is 0 Å². The second-order valence-corrected chi connectivity index (χ2v) is 5.27. The molecule has 2 aromatic heterocycles. The molecule has 0 spiro atoms. The van der Waals surface area contributed by atoms with Crippen LogP contribution in [0.25, 0.3) is 5.69 Å². The summed E-state index contributed by atoms with van der Waals surface area (Å²) in [5.41, 5.74) is 2.97. The molecule has 2 heterocycles. The third-order valence-corrected chi connectivity index (χ3v) is 3.88. The fourth-order valence-corrected chi connectivity index (χ4v) is 2.77. The van der Waals surface area contributed by atoms with Crippen LogP contribution in [0.1, 0.15) is 24.2 Å². The van der Waals surface area contributed by atoms with Crippen molar-refractivity contribution in [2.75, 3.05) is 6.54 Å². The van der Waals surface area contributed by atoms with Crippen LogP contribution in [0, 0.1) is 0 Å². The van der Waals surface area contributed by atoms with E-state index in [2.05, 4.69) is 38.5 Å². The molecule has 1 atom stereocenters. The fraction of sp³-hybridized carbons (Fsp3) is 0.200. The maximum absolute atomic E-state index is 5.36. The van der Waals surface area contributed by atoms with Crippen molar-refractivity contribution in [1.82, 2.24) is 20.3 Å². The third-order valence-electron chi connectivity index (χ3n) is 3.24. The molecule has 0 saturated carbocycles. The van der Waals surface area contributed by atoms with Crippen LogP contribution >= 0.6 is 15.9 Å². The molecule has 0 aliphatic heterocycles. The third kappa shape index (κ3) is 2.77. The van der Waals surface area contributed by atoms with Crippen LogP contribution in [0.15, 0.2) is 57.9 Å². The number of hydrogen-bond donors (Lipinski definition) is 1. The number of hydrogen-bond acceptors (Lipinski definition) is 4. The molecule has 21 heavy (non-hydrogen) atoms. The second-order valence-electron chi connectivity index (χ2n) is 4.55. The predicted octanol–water partition coefficient (Wildman–Crippen LogP) is 3.32. The Hall–Kier alpha value is -1.92. The SMILES string of the molecule is CCNC(c1ccoc1Br)c1cnnn1-c1ccccc1. The van der Waals surface area contributed by atoms with Crippen molar-refractivity contribution in [1.29, 1.82) is 0 Å². The van der Waals surface area contributed by atoms with Gasteiger partial charge in [-0.2, -0.15) is 0 Å². The minimum absolute atomic E-state index is 0.0432. The Kier molecular flexibility index (Phi) is 4.17. The van der Waals surface area contributed by atoms with Crippen molar-refractivity contribution in [3.63, 3.8) is 0 Å². The van der Waals surface area contributed by atoms with Gasteiger partial charge < -0.3 is 9.73 Å². The molecule has 108 valence electrons. The highest BCUT2D eigenvalue weighted by Crippen LogP contribution is 2.30. The summed E-state index contributed by atoms with van der Waals surface area (Å²) in [6, 6.07) is 11.9. The van der Waals surface area contributed by atoms with Crippen LogP contribution in [-0.4, -0.2) is 21.5 Å². The molecule has 0 amide bonds. The highest BCUT2D eigenvalue weighted by Gasteiger charge is 2.22. The molecule has 0 aliphatic rings. The number of rotatable bonds is 5. The average molecular weight is 347 g/mol. The Morgan fingerprint density at radius 1 is 1.29 bits per heavy atom. The predicted molar refractivity (Wildman–Crippen MR) is 83.3 cm³/mol. The van der Waals surface area contributed by atoms with E-state index in [0.29, 0.717) is 4.67 Å². The highest BCUT2D eigenvalue weighted by atomic mass is 79.9. The number of aromatic nitrogens is 3. The summed E-state index contributed by atoms with van der Waals surface area (Å²) in [5.74, 6) is 0. The van der Waals surface area contributed by atoms with Crippen LogP contribution in [0.4, 0.5) is 0 Å². The van der Waals surface area contributed by atoms with E-state index in [4.69, 9.17) is 4.42 Å². The summed E-state index contributed by atoms with van der Waals surface area (Å²) in [5, 5.41) is 11.7. The van der Waals surface area contributed by atoms with Gasteiger partial charge in [0.1, 0.15) is 0 Å². The lowest BCUT2D eigenvalue weighted by atomic mass is 10.1. The molecule has 0 saturated heterocycles. The number of benzene rings is 1. The maximum Gasteiger partial charge on any atom is 0.174 e. The Morgan fingerprint density at radius 2 is 2.10 bits per heavy atom. The van der Waals surface area contributed by atoms with Gasteiger partial charge in [-0.1, -0.05) is 30.3 Å². The van der Waals surface area contributed by atoms with Gasteiger partial charge in [-0.25, -0.2) is 4.68 Å². The first-order chi connectivity index (χ1) is 10.3. The van der Waals surface area contributed by atoms with Crippen LogP contribution < -0.4 is 5.32 Å². The standard InChI is InChI=1S/C15H15BrN4O/c1-2-17-14(12-8-9-21-15(12)16)13-10-18-19-20(13)11-6-4-3-5-7-11/h3-10,14,17H,2H2,1H3. The Labute approximate surface area is 131 Å². The highest BCUT2D eigenvalue weighted by molar-refractivity contribution is 9.10. The summed E-state index contributed by atoms with van der Waals surface area (Å²) in [6.45, 7) is 2.89. The van der Waals surface area contributed by atoms with E-state index in [1.54, 1.807) is 12.5 Å². The minimum Gasteiger partial charge on any atom is -0.457 e. The quantitative estimate of drug-likeness (QED) is 0.769. The second kappa shape index (κ2) is 6.24. The van der Waals surface area contributed by atoms with Gasteiger partial charge in [0.05, 0.1) is 29.9 Å². The first-order valence-corrected chi connectivity index (χ1v) is 7.53. The van der Waals surface area contributed by atoms with Crippen molar-refractivity contribution >= 4 is 15.9 Å². The van der Waals surface area contributed by atoms with Gasteiger partial charge in [0, 0.05) is 5.56 Å². The van der Waals surface area contributed by atoms with E-state index in [0.717, 1.165) is 23.5 Å². The van der Waals surface area contributed by atoms with Crippen molar-refractivity contribution in [3.05, 3.63) is 64.8 Å². The number of halogens is 1. The first kappa shape index (κ1) is 14.0. The van der Waals surface area contributed by atoms with Gasteiger partial charge in [-0.15, -0.1) is 5.10 Å². The monoisotopic (exact) mass is 346 g/mol. The van der Waals surface area contributed by atoms with Gasteiger partial charge in [-0.05, 0) is 40.7 Å². The smallest absolute Gasteiger partial charge is 0.174 e. The lowest BCUT2D eigenvalue weighted by Gasteiger charge is -2.18. The number of nitrogens with zero attached hydrogens (tertiary/aromatic N) is 3. The van der Waals surface area contributed by atoms with Crippen LogP contribution in [0.3, 0.4) is 0 Å². The molecule has 0 fully saturated rings. The molecular formula is C15H15BrN4O. The summed E-state index contributed by atoms with van der Waals surface area (Å²) in [6.07, 6.45) is 3.44. The summed E-state index contributed by atoms with van der Waals surface area (Å²) >= 11 is 3.45. The van der Waals surface area contributed by atoms with E-state index in [-0.39, 0.29) is 6.04 Å². The largest absolute Gasteiger partial charge is 0.457 e. The van der Waals surface area contributed by atoms with Gasteiger partial charge >= 0.3 is 0 Å². The van der Waals surface area contributed by atoms with Gasteiger partial charge in [-0.3, -0.25) is 0 Å². The lowest BCUT2D eigenvalue weighted by molar-refractivity contribution is 0.522. The molecule has 3 aromatic rings. The van der Waals surface area contributed by atoms with E-state index in [1.807, 2.05) is 41.1 Å². The molecule has 1 aromatic carbocycles. The van der Waals surface area contributed by atoms with Crippen molar-refractivity contribution < 1.29 is 4.42 Å². The Balaban J connectivity index is 2.06. The minimum atomic E-state index is -0.0432. The molecule has 1 N–H and O–H groups in total. The average Bonchev–Trinajstić information content (AvgIpc) is 3.15. The summed E-state index contributed by atoms with van der Waals surface area (Å²) < 4.78 is 7.92. The molecule has 0 radical (unpaired) electrons. The van der Waals surface area contributed by atoms with Crippen LogP contribution in [0.5, 0.6) is 0 Å². The van der Waals surface area contributed by atoms with Gasteiger partial charge in [0.2, 0.25) is 0 Å². The molecule has 6 heteroatoms. The number of furan rings is 1. The van der Waals surface area contributed by atoms with Gasteiger partial charge in [0.25, 0.3) is 0 Å². The van der Waals surface area contributed by atoms with Crippen molar-refractivity contribution in [2.45, 2.75) is 13.0 Å². The molecule has 0 bridgehead atoms. The normalized spacial score (nSPS) is 12.5. The zero-order valence-corrected chi connectivity index (χ0v) is 13.1. The maximum atomic E-state index is 5.36. The molecular weight excluding hydrogens is 332 g/mol. The van der Waals surface area contributed by atoms with Crippen LogP contribution in [0.2, 0.25) is 0 Å². The zero-order chi connectivity index (χ0) is 14.7. The summed E-state index contributed by atoms with van der Waals surface area (Å²) in [4.78, 5) is 0. The van der Waals surface area contributed by atoms with E-state index in [9.17, 15) is 0 Å².